The first-order chi connectivity index (χ1) is 8.72. The fourth-order valence-electron chi connectivity index (χ4n) is 2.56. The maximum Gasteiger partial charge on any atom is 0.0489 e. The second-order valence-electron chi connectivity index (χ2n) is 5.29. The van der Waals surface area contributed by atoms with Gasteiger partial charge >= 0.3 is 0 Å². The molecular formula is C16H24N2. The molecule has 0 saturated heterocycles. The number of para-hydroxylation sites is 1. The summed E-state index contributed by atoms with van der Waals surface area (Å²) in [6, 6.07) is 6.83. The molecule has 3 N–H and O–H groups in total. The maximum atomic E-state index is 5.90. The molecule has 1 aromatic heterocycles. The van der Waals surface area contributed by atoms with E-state index in [0.29, 0.717) is 0 Å². The third-order valence-electron chi connectivity index (χ3n) is 3.48. The zero-order chi connectivity index (χ0) is 13.0. The standard InChI is InChI=1S/C16H24N2/c1-3-4-5-7-13-8-6-9-15-14(10-12(2)17)11-18-16(13)15/h6,8-9,11-12,18H,3-5,7,10,17H2,1-2H3/t12-/m0/s1. The minimum absolute atomic E-state index is 0.216. The molecule has 0 aliphatic carbocycles. The number of fused-ring (bicyclic) bond motifs is 1. The van der Waals surface area contributed by atoms with Gasteiger partial charge in [-0.25, -0.2) is 0 Å². The Balaban J connectivity index is 2.24. The molecule has 0 bridgehead atoms. The number of H-pyrrole nitrogens is 1. The van der Waals surface area contributed by atoms with Crippen molar-refractivity contribution in [1.82, 2.24) is 4.98 Å². The number of rotatable bonds is 6. The second-order valence-corrected chi connectivity index (χ2v) is 5.29. The highest BCUT2D eigenvalue weighted by atomic mass is 14.7. The van der Waals surface area contributed by atoms with E-state index >= 15 is 0 Å². The molecule has 0 saturated carbocycles. The molecule has 1 heterocycles. The Kier molecular flexibility index (Phi) is 4.43. The molecule has 0 aliphatic rings. The predicted octanol–water partition coefficient (Wildman–Crippen LogP) is 3.79. The van der Waals surface area contributed by atoms with Crippen LogP contribution in [0.4, 0.5) is 0 Å². The van der Waals surface area contributed by atoms with Gasteiger partial charge in [-0.15, -0.1) is 0 Å². The summed E-state index contributed by atoms with van der Waals surface area (Å²) in [5, 5.41) is 1.35. The number of unbranched alkanes of at least 4 members (excludes halogenated alkanes) is 2. The van der Waals surface area contributed by atoms with Gasteiger partial charge in [0, 0.05) is 23.1 Å². The first kappa shape index (κ1) is 13.2. The Bertz CT molecular complexity index is 497. The molecule has 0 amide bonds. The van der Waals surface area contributed by atoms with Crippen molar-refractivity contribution in [1.29, 1.82) is 0 Å². The lowest BCUT2D eigenvalue weighted by Crippen LogP contribution is -2.17. The Morgan fingerprint density at radius 1 is 1.22 bits per heavy atom. The van der Waals surface area contributed by atoms with Gasteiger partial charge in [-0.3, -0.25) is 0 Å². The van der Waals surface area contributed by atoms with Gasteiger partial charge in [0.25, 0.3) is 0 Å². The monoisotopic (exact) mass is 244 g/mol. The quantitative estimate of drug-likeness (QED) is 0.746. The van der Waals surface area contributed by atoms with E-state index in [4.69, 9.17) is 5.73 Å². The van der Waals surface area contributed by atoms with Crippen LogP contribution in [0.1, 0.15) is 44.2 Å². The largest absolute Gasteiger partial charge is 0.361 e. The van der Waals surface area contributed by atoms with E-state index in [1.807, 2.05) is 0 Å². The van der Waals surface area contributed by atoms with Crippen LogP contribution in [0.15, 0.2) is 24.4 Å². The average Bonchev–Trinajstić information content (AvgIpc) is 2.73. The number of aromatic amines is 1. The third kappa shape index (κ3) is 2.94. The van der Waals surface area contributed by atoms with E-state index in [2.05, 4.69) is 43.2 Å². The fraction of sp³-hybridized carbons (Fsp3) is 0.500. The zero-order valence-electron chi connectivity index (χ0n) is 11.5. The minimum atomic E-state index is 0.216. The molecule has 0 radical (unpaired) electrons. The first-order valence-electron chi connectivity index (χ1n) is 7.05. The molecule has 2 nitrogen and oxygen atoms in total. The molecule has 1 aromatic carbocycles. The molecule has 2 rings (SSSR count). The molecule has 2 heteroatoms. The van der Waals surface area contributed by atoms with Gasteiger partial charge in [0.15, 0.2) is 0 Å². The van der Waals surface area contributed by atoms with E-state index < -0.39 is 0 Å². The summed E-state index contributed by atoms with van der Waals surface area (Å²) in [4.78, 5) is 3.43. The zero-order valence-corrected chi connectivity index (χ0v) is 11.5. The number of aryl methyl sites for hydroxylation is 1. The van der Waals surface area contributed by atoms with Crippen molar-refractivity contribution in [2.24, 2.45) is 5.73 Å². The van der Waals surface area contributed by atoms with Gasteiger partial charge in [0.05, 0.1) is 0 Å². The lowest BCUT2D eigenvalue weighted by molar-refractivity contribution is 0.719. The molecular weight excluding hydrogens is 220 g/mol. The van der Waals surface area contributed by atoms with E-state index in [1.165, 1.54) is 47.7 Å². The number of aromatic nitrogens is 1. The molecule has 2 aromatic rings. The van der Waals surface area contributed by atoms with Crippen LogP contribution in [-0.4, -0.2) is 11.0 Å². The van der Waals surface area contributed by atoms with Crippen molar-refractivity contribution in [3.05, 3.63) is 35.5 Å². The number of benzene rings is 1. The Labute approximate surface area is 110 Å². The van der Waals surface area contributed by atoms with Gasteiger partial charge in [0.2, 0.25) is 0 Å². The van der Waals surface area contributed by atoms with Crippen molar-refractivity contribution >= 4 is 10.9 Å². The van der Waals surface area contributed by atoms with Crippen LogP contribution < -0.4 is 5.73 Å². The molecule has 98 valence electrons. The number of hydrogen-bond donors (Lipinski definition) is 2. The van der Waals surface area contributed by atoms with Crippen LogP contribution in [0.25, 0.3) is 10.9 Å². The van der Waals surface area contributed by atoms with Crippen LogP contribution >= 0.6 is 0 Å². The summed E-state index contributed by atoms with van der Waals surface area (Å²) in [5.41, 5.74) is 9.99. The van der Waals surface area contributed by atoms with Crippen LogP contribution in [0.2, 0.25) is 0 Å². The topological polar surface area (TPSA) is 41.8 Å². The summed E-state index contributed by atoms with van der Waals surface area (Å²) in [5.74, 6) is 0. The van der Waals surface area contributed by atoms with Crippen molar-refractivity contribution in [2.45, 2.75) is 52.0 Å². The lowest BCUT2D eigenvalue weighted by atomic mass is 10.0. The Hall–Kier alpha value is -1.28. The summed E-state index contributed by atoms with van der Waals surface area (Å²) in [6.07, 6.45) is 8.09. The highest BCUT2D eigenvalue weighted by Gasteiger charge is 2.08. The average molecular weight is 244 g/mol. The summed E-state index contributed by atoms with van der Waals surface area (Å²) < 4.78 is 0. The van der Waals surface area contributed by atoms with Gasteiger partial charge in [-0.2, -0.15) is 0 Å². The third-order valence-corrected chi connectivity index (χ3v) is 3.48. The predicted molar refractivity (Wildman–Crippen MR) is 78.9 cm³/mol. The van der Waals surface area contributed by atoms with Crippen LogP contribution in [-0.2, 0) is 12.8 Å². The molecule has 0 aliphatic heterocycles. The molecule has 0 spiro atoms. The van der Waals surface area contributed by atoms with E-state index in [9.17, 15) is 0 Å². The molecule has 1 atom stereocenters. The fourth-order valence-corrected chi connectivity index (χ4v) is 2.56. The maximum absolute atomic E-state index is 5.90. The van der Waals surface area contributed by atoms with Crippen LogP contribution in [0.5, 0.6) is 0 Å². The van der Waals surface area contributed by atoms with Gasteiger partial charge in [-0.1, -0.05) is 38.0 Å². The van der Waals surface area contributed by atoms with Gasteiger partial charge < -0.3 is 10.7 Å². The SMILES string of the molecule is CCCCCc1cccc2c(C[C@H](C)N)c[nH]c12. The van der Waals surface area contributed by atoms with Crippen molar-refractivity contribution < 1.29 is 0 Å². The Morgan fingerprint density at radius 3 is 2.78 bits per heavy atom. The van der Waals surface area contributed by atoms with E-state index in [0.717, 1.165) is 6.42 Å². The minimum Gasteiger partial charge on any atom is -0.361 e. The van der Waals surface area contributed by atoms with Crippen molar-refractivity contribution in [2.75, 3.05) is 0 Å². The highest BCUT2D eigenvalue weighted by molar-refractivity contribution is 5.86. The summed E-state index contributed by atoms with van der Waals surface area (Å²) >= 11 is 0. The van der Waals surface area contributed by atoms with Crippen LogP contribution in [0, 0.1) is 0 Å². The second kappa shape index (κ2) is 6.05. The smallest absolute Gasteiger partial charge is 0.0489 e. The molecule has 0 unspecified atom stereocenters. The van der Waals surface area contributed by atoms with Crippen molar-refractivity contribution in [3.8, 4) is 0 Å². The summed E-state index contributed by atoms with van der Waals surface area (Å²) in [7, 11) is 0. The lowest BCUT2D eigenvalue weighted by Gasteiger charge is -2.05. The Morgan fingerprint density at radius 2 is 2.06 bits per heavy atom. The van der Waals surface area contributed by atoms with E-state index in [1.54, 1.807) is 0 Å². The van der Waals surface area contributed by atoms with Gasteiger partial charge in [0.1, 0.15) is 0 Å². The van der Waals surface area contributed by atoms with Crippen molar-refractivity contribution in [3.63, 3.8) is 0 Å². The van der Waals surface area contributed by atoms with Crippen LogP contribution in [0.3, 0.4) is 0 Å². The number of nitrogens with two attached hydrogens (primary N) is 1. The number of nitrogens with one attached hydrogen (secondary N) is 1. The summed E-state index contributed by atoms with van der Waals surface area (Å²) in [6.45, 7) is 4.31. The number of hydrogen-bond acceptors (Lipinski definition) is 1. The highest BCUT2D eigenvalue weighted by Crippen LogP contribution is 2.24. The first-order valence-corrected chi connectivity index (χ1v) is 7.05. The van der Waals surface area contributed by atoms with Gasteiger partial charge in [-0.05, 0) is 37.3 Å². The molecule has 0 fully saturated rings. The van der Waals surface area contributed by atoms with E-state index in [-0.39, 0.29) is 6.04 Å². The molecule has 18 heavy (non-hydrogen) atoms. The normalized spacial score (nSPS) is 13.1.